The SMILES string of the molecule is NCCCC(N)c1ccc2c(c1)NC(=O)CS2. The number of anilines is 1. The highest BCUT2D eigenvalue weighted by Gasteiger charge is 2.16. The van der Waals surface area contributed by atoms with Crippen LogP contribution in [0.15, 0.2) is 23.1 Å². The second-order valence-electron chi connectivity index (χ2n) is 4.13. The van der Waals surface area contributed by atoms with Gasteiger partial charge in [0.05, 0.1) is 11.4 Å². The summed E-state index contributed by atoms with van der Waals surface area (Å²) in [6.07, 6.45) is 1.79. The molecule has 1 aromatic carbocycles. The van der Waals surface area contributed by atoms with E-state index in [1.807, 2.05) is 18.2 Å². The number of amides is 1. The quantitative estimate of drug-likeness (QED) is 0.757. The number of fused-ring (bicyclic) bond motifs is 1. The van der Waals surface area contributed by atoms with Gasteiger partial charge >= 0.3 is 0 Å². The van der Waals surface area contributed by atoms with Gasteiger partial charge in [0.25, 0.3) is 0 Å². The third kappa shape index (κ3) is 3.00. The van der Waals surface area contributed by atoms with Crippen molar-refractivity contribution in [3.05, 3.63) is 23.8 Å². The molecule has 92 valence electrons. The number of nitrogens with one attached hydrogen (secondary N) is 1. The van der Waals surface area contributed by atoms with Gasteiger partial charge in [0.2, 0.25) is 5.91 Å². The fourth-order valence-corrected chi connectivity index (χ4v) is 2.62. The van der Waals surface area contributed by atoms with Gasteiger partial charge in [0, 0.05) is 10.9 Å². The first-order chi connectivity index (χ1) is 8.20. The summed E-state index contributed by atoms with van der Waals surface area (Å²) in [5.74, 6) is 0.543. The summed E-state index contributed by atoms with van der Waals surface area (Å²) in [5, 5.41) is 2.87. The molecule has 1 aliphatic rings. The summed E-state index contributed by atoms with van der Waals surface area (Å²) in [7, 11) is 0. The molecule has 0 aromatic heterocycles. The molecular formula is C12H17N3OS. The largest absolute Gasteiger partial charge is 0.330 e. The molecule has 0 saturated heterocycles. The molecule has 1 aromatic rings. The van der Waals surface area contributed by atoms with Crippen LogP contribution in [0.25, 0.3) is 0 Å². The Labute approximate surface area is 105 Å². The highest BCUT2D eigenvalue weighted by molar-refractivity contribution is 8.00. The number of hydrogen-bond acceptors (Lipinski definition) is 4. The average Bonchev–Trinajstić information content (AvgIpc) is 2.35. The molecule has 17 heavy (non-hydrogen) atoms. The van der Waals surface area contributed by atoms with E-state index in [1.165, 1.54) is 0 Å². The molecular weight excluding hydrogens is 234 g/mol. The zero-order valence-electron chi connectivity index (χ0n) is 9.61. The smallest absolute Gasteiger partial charge is 0.234 e. The Balaban J connectivity index is 2.14. The number of nitrogens with two attached hydrogens (primary N) is 2. The van der Waals surface area contributed by atoms with E-state index in [2.05, 4.69) is 5.32 Å². The molecule has 5 N–H and O–H groups in total. The second-order valence-corrected chi connectivity index (χ2v) is 5.15. The predicted molar refractivity (Wildman–Crippen MR) is 71.0 cm³/mol. The number of carbonyl (C=O) groups is 1. The summed E-state index contributed by atoms with van der Waals surface area (Å²) >= 11 is 1.56. The Kier molecular flexibility index (Phi) is 4.04. The summed E-state index contributed by atoms with van der Waals surface area (Å²) in [5.41, 5.74) is 13.5. The first-order valence-corrected chi connectivity index (χ1v) is 6.71. The Morgan fingerprint density at radius 1 is 1.47 bits per heavy atom. The molecule has 1 unspecified atom stereocenters. The summed E-state index contributed by atoms with van der Waals surface area (Å²) < 4.78 is 0. The third-order valence-electron chi connectivity index (χ3n) is 2.78. The minimum Gasteiger partial charge on any atom is -0.330 e. The monoisotopic (exact) mass is 251 g/mol. The third-order valence-corrected chi connectivity index (χ3v) is 3.86. The molecule has 0 saturated carbocycles. The molecule has 4 nitrogen and oxygen atoms in total. The van der Waals surface area contributed by atoms with E-state index in [-0.39, 0.29) is 11.9 Å². The fourth-order valence-electron chi connectivity index (χ4n) is 1.84. The minimum atomic E-state index is -0.00678. The fraction of sp³-hybridized carbons (Fsp3) is 0.417. The molecule has 0 bridgehead atoms. The van der Waals surface area contributed by atoms with E-state index < -0.39 is 0 Å². The summed E-state index contributed by atoms with van der Waals surface area (Å²) in [4.78, 5) is 12.4. The standard InChI is InChI=1S/C12H17N3OS/c13-5-1-2-9(14)8-3-4-11-10(6-8)15-12(16)7-17-11/h3-4,6,9H,1-2,5,7,13-14H2,(H,15,16). The molecule has 0 aliphatic carbocycles. The van der Waals surface area contributed by atoms with Crippen LogP contribution in [0.3, 0.4) is 0 Å². The molecule has 5 heteroatoms. The lowest BCUT2D eigenvalue weighted by atomic mass is 10.0. The van der Waals surface area contributed by atoms with E-state index in [1.54, 1.807) is 11.8 Å². The van der Waals surface area contributed by atoms with Gasteiger partial charge in [-0.2, -0.15) is 0 Å². The van der Waals surface area contributed by atoms with Crippen LogP contribution < -0.4 is 16.8 Å². The lowest BCUT2D eigenvalue weighted by Gasteiger charge is -2.19. The van der Waals surface area contributed by atoms with Gasteiger partial charge in [-0.1, -0.05) is 6.07 Å². The molecule has 0 radical (unpaired) electrons. The second kappa shape index (κ2) is 5.53. The van der Waals surface area contributed by atoms with Crippen LogP contribution in [0.1, 0.15) is 24.4 Å². The van der Waals surface area contributed by atoms with E-state index >= 15 is 0 Å². The molecule has 0 fully saturated rings. The van der Waals surface area contributed by atoms with Crippen molar-refractivity contribution in [2.45, 2.75) is 23.8 Å². The van der Waals surface area contributed by atoms with Crippen molar-refractivity contribution in [1.29, 1.82) is 0 Å². The van der Waals surface area contributed by atoms with Gasteiger partial charge in [-0.15, -0.1) is 11.8 Å². The van der Waals surface area contributed by atoms with Crippen molar-refractivity contribution in [3.63, 3.8) is 0 Å². The van der Waals surface area contributed by atoms with Crippen molar-refractivity contribution in [2.24, 2.45) is 11.5 Å². The van der Waals surface area contributed by atoms with Gasteiger partial charge in [-0.25, -0.2) is 0 Å². The van der Waals surface area contributed by atoms with E-state index in [4.69, 9.17) is 11.5 Å². The Hall–Kier alpha value is -1.04. The van der Waals surface area contributed by atoms with Gasteiger partial charge < -0.3 is 16.8 Å². The highest BCUT2D eigenvalue weighted by Crippen LogP contribution is 2.33. The van der Waals surface area contributed by atoms with Gasteiger partial charge in [0.15, 0.2) is 0 Å². The topological polar surface area (TPSA) is 81.1 Å². The number of carbonyl (C=O) groups excluding carboxylic acids is 1. The molecule has 1 aliphatic heterocycles. The summed E-state index contributed by atoms with van der Waals surface area (Å²) in [6, 6.07) is 6.02. The Bertz CT molecular complexity index is 422. The lowest BCUT2D eigenvalue weighted by Crippen LogP contribution is -2.19. The van der Waals surface area contributed by atoms with Crippen LogP contribution in [-0.4, -0.2) is 18.2 Å². The first kappa shape index (κ1) is 12.4. The molecule has 1 atom stereocenters. The van der Waals surface area contributed by atoms with Crippen LogP contribution in [0.2, 0.25) is 0 Å². The van der Waals surface area contributed by atoms with E-state index in [9.17, 15) is 4.79 Å². The van der Waals surface area contributed by atoms with Crippen molar-refractivity contribution in [2.75, 3.05) is 17.6 Å². The van der Waals surface area contributed by atoms with E-state index in [0.717, 1.165) is 29.0 Å². The van der Waals surface area contributed by atoms with Crippen LogP contribution in [-0.2, 0) is 4.79 Å². The van der Waals surface area contributed by atoms with Crippen LogP contribution >= 0.6 is 11.8 Å². The Morgan fingerprint density at radius 2 is 2.29 bits per heavy atom. The average molecular weight is 251 g/mol. The van der Waals surface area contributed by atoms with Crippen LogP contribution in [0, 0.1) is 0 Å². The van der Waals surface area contributed by atoms with Gasteiger partial charge in [0.1, 0.15) is 0 Å². The van der Waals surface area contributed by atoms with Crippen LogP contribution in [0.4, 0.5) is 5.69 Å². The number of thioether (sulfide) groups is 1. The normalized spacial score (nSPS) is 16.2. The van der Waals surface area contributed by atoms with Crippen molar-refractivity contribution in [1.82, 2.24) is 0 Å². The highest BCUT2D eigenvalue weighted by atomic mass is 32.2. The lowest BCUT2D eigenvalue weighted by molar-refractivity contribution is -0.113. The molecule has 2 rings (SSSR count). The number of hydrogen-bond donors (Lipinski definition) is 3. The van der Waals surface area contributed by atoms with Gasteiger partial charge in [-0.3, -0.25) is 4.79 Å². The van der Waals surface area contributed by atoms with Gasteiger partial charge in [-0.05, 0) is 37.1 Å². The molecule has 1 amide bonds. The first-order valence-electron chi connectivity index (χ1n) is 5.73. The molecule has 0 spiro atoms. The zero-order chi connectivity index (χ0) is 12.3. The zero-order valence-corrected chi connectivity index (χ0v) is 10.4. The maximum atomic E-state index is 11.3. The predicted octanol–water partition coefficient (Wildman–Crippen LogP) is 1.47. The number of benzene rings is 1. The maximum Gasteiger partial charge on any atom is 0.234 e. The summed E-state index contributed by atoms with van der Waals surface area (Å²) in [6.45, 7) is 0.658. The van der Waals surface area contributed by atoms with Crippen molar-refractivity contribution < 1.29 is 4.79 Å². The molecule has 1 heterocycles. The maximum absolute atomic E-state index is 11.3. The van der Waals surface area contributed by atoms with E-state index in [0.29, 0.717) is 12.3 Å². The minimum absolute atomic E-state index is 0.00678. The van der Waals surface area contributed by atoms with Crippen LogP contribution in [0.5, 0.6) is 0 Å². The van der Waals surface area contributed by atoms with Crippen molar-refractivity contribution in [3.8, 4) is 0 Å². The Morgan fingerprint density at radius 3 is 3.06 bits per heavy atom. The number of rotatable bonds is 4. The van der Waals surface area contributed by atoms with Crippen molar-refractivity contribution >= 4 is 23.4 Å².